The van der Waals surface area contributed by atoms with Gasteiger partial charge in [0.25, 0.3) is 0 Å². The second kappa shape index (κ2) is 14.4. The van der Waals surface area contributed by atoms with Crippen molar-refractivity contribution in [1.29, 1.82) is 0 Å². The Kier molecular flexibility index (Phi) is 11.0. The van der Waals surface area contributed by atoms with Crippen LogP contribution in [-0.2, 0) is 23.7 Å². The second-order valence-electron chi connectivity index (χ2n) is 20.8. The lowest BCUT2D eigenvalue weighted by Gasteiger charge is -2.72. The Morgan fingerprint density at radius 3 is 2.09 bits per heavy atom. The van der Waals surface area contributed by atoms with Crippen LogP contribution in [0.25, 0.3) is 0 Å². The molecule has 9 N–H and O–H groups in total. The molecule has 7 rings (SSSR count). The zero-order valence-electron chi connectivity index (χ0n) is 34.1. The smallest absolute Gasteiger partial charge is 0.335 e. The van der Waals surface area contributed by atoms with Crippen LogP contribution in [0, 0.1) is 50.2 Å². The molecule has 2 saturated heterocycles. The molecule has 5 aliphatic carbocycles. The highest BCUT2D eigenvalue weighted by Crippen LogP contribution is 2.76. The highest BCUT2D eigenvalue weighted by molar-refractivity contribution is 5.73. The molecule has 20 atom stereocenters. The van der Waals surface area contributed by atoms with E-state index in [0.717, 1.165) is 51.4 Å². The Hall–Kier alpha value is -1.27. The lowest BCUT2D eigenvalue weighted by Crippen LogP contribution is -2.68. The molecule has 0 spiro atoms. The Labute approximate surface area is 330 Å². The molecule has 0 aromatic heterocycles. The van der Waals surface area contributed by atoms with Gasteiger partial charge in [0.1, 0.15) is 42.7 Å². The zero-order valence-corrected chi connectivity index (χ0v) is 34.1. The van der Waals surface area contributed by atoms with Crippen molar-refractivity contribution < 1.29 is 69.7 Å². The Morgan fingerprint density at radius 1 is 0.750 bits per heavy atom. The average Bonchev–Trinajstić information content (AvgIpc) is 3.13. The fourth-order valence-electron chi connectivity index (χ4n) is 13.7. The van der Waals surface area contributed by atoms with Gasteiger partial charge in [-0.3, -0.25) is 0 Å². The van der Waals surface area contributed by atoms with Gasteiger partial charge in [0.2, 0.25) is 0 Å². The van der Waals surface area contributed by atoms with Crippen molar-refractivity contribution >= 4 is 5.97 Å². The number of hydrogen-bond acceptors (Lipinski definition) is 13. The number of fused-ring (bicyclic) bond motifs is 7. The van der Waals surface area contributed by atoms with Gasteiger partial charge in [-0.15, -0.1) is 0 Å². The van der Waals surface area contributed by atoms with Crippen molar-refractivity contribution in [3.63, 3.8) is 0 Å². The number of carboxylic acid groups (broad SMARTS) is 1. The van der Waals surface area contributed by atoms with Crippen molar-refractivity contribution in [3.05, 3.63) is 11.6 Å². The van der Waals surface area contributed by atoms with E-state index in [1.165, 1.54) is 5.57 Å². The molecule has 0 aromatic rings. The molecule has 4 saturated carbocycles. The summed E-state index contributed by atoms with van der Waals surface area (Å²) in [6.07, 6.45) is -8.23. The Balaban J connectivity index is 1.17. The molecular formula is C42H68O14. The van der Waals surface area contributed by atoms with Gasteiger partial charge in [-0.25, -0.2) is 4.79 Å². The second-order valence-corrected chi connectivity index (χ2v) is 20.8. The van der Waals surface area contributed by atoms with Crippen LogP contribution in [0.1, 0.15) is 106 Å². The van der Waals surface area contributed by atoms with E-state index in [-0.39, 0.29) is 45.7 Å². The molecule has 14 nitrogen and oxygen atoms in total. The normalized spacial score (nSPS) is 55.5. The van der Waals surface area contributed by atoms with Crippen LogP contribution in [0.4, 0.5) is 0 Å². The number of carbonyl (C=O) groups is 1. The molecule has 7 aliphatic rings. The Morgan fingerprint density at radius 2 is 1.45 bits per heavy atom. The average molecular weight is 797 g/mol. The minimum absolute atomic E-state index is 0.0149. The monoisotopic (exact) mass is 796 g/mol. The summed E-state index contributed by atoms with van der Waals surface area (Å²) >= 11 is 0. The van der Waals surface area contributed by atoms with E-state index in [4.69, 9.17) is 18.9 Å². The third kappa shape index (κ3) is 6.21. The summed E-state index contributed by atoms with van der Waals surface area (Å²) in [7, 11) is 0. The molecule has 0 amide bonds. The molecule has 6 fully saturated rings. The van der Waals surface area contributed by atoms with Crippen LogP contribution in [0.5, 0.6) is 0 Å². The molecule has 56 heavy (non-hydrogen) atoms. The summed E-state index contributed by atoms with van der Waals surface area (Å²) in [5, 5.41) is 96.0. The summed E-state index contributed by atoms with van der Waals surface area (Å²) in [5.74, 6) is -0.954. The van der Waals surface area contributed by atoms with Crippen molar-refractivity contribution in [2.75, 3.05) is 13.2 Å². The molecular weight excluding hydrogens is 728 g/mol. The minimum Gasteiger partial charge on any atom is -0.479 e. The van der Waals surface area contributed by atoms with E-state index in [0.29, 0.717) is 18.3 Å². The molecule has 0 aromatic carbocycles. The molecule has 0 bridgehead atoms. The predicted octanol–water partition coefficient (Wildman–Crippen LogP) is 1.85. The number of aliphatic hydroxyl groups excluding tert-OH is 8. The third-order valence-corrected chi connectivity index (χ3v) is 17.4. The number of carboxylic acids is 1. The number of ether oxygens (including phenoxy) is 4. The van der Waals surface area contributed by atoms with Crippen LogP contribution >= 0.6 is 0 Å². The fourth-order valence-corrected chi connectivity index (χ4v) is 13.7. The quantitative estimate of drug-likeness (QED) is 0.132. The Bertz CT molecular complexity index is 1520. The van der Waals surface area contributed by atoms with Gasteiger partial charge in [0.05, 0.1) is 25.4 Å². The van der Waals surface area contributed by atoms with Crippen LogP contribution < -0.4 is 0 Å². The number of allylic oxidation sites excluding steroid dienone is 2. The maximum atomic E-state index is 12.2. The number of aliphatic carboxylic acids is 1. The highest BCUT2D eigenvalue weighted by atomic mass is 16.8. The highest BCUT2D eigenvalue weighted by Gasteiger charge is 2.69. The van der Waals surface area contributed by atoms with Gasteiger partial charge >= 0.3 is 5.97 Å². The van der Waals surface area contributed by atoms with Crippen LogP contribution in [0.15, 0.2) is 11.6 Å². The maximum Gasteiger partial charge on any atom is 0.335 e. The van der Waals surface area contributed by atoms with Crippen LogP contribution in [0.2, 0.25) is 0 Å². The van der Waals surface area contributed by atoms with E-state index in [2.05, 4.69) is 47.6 Å². The lowest BCUT2D eigenvalue weighted by molar-refractivity contribution is -0.375. The fraction of sp³-hybridized carbons (Fsp3) is 0.929. The first-order valence-corrected chi connectivity index (χ1v) is 20.9. The minimum atomic E-state index is -1.97. The van der Waals surface area contributed by atoms with Gasteiger partial charge in [0.15, 0.2) is 18.7 Å². The first kappa shape index (κ1) is 42.8. The van der Waals surface area contributed by atoms with Crippen molar-refractivity contribution in [3.8, 4) is 0 Å². The maximum absolute atomic E-state index is 12.2. The van der Waals surface area contributed by atoms with Crippen molar-refractivity contribution in [2.45, 2.75) is 180 Å². The molecule has 2 heterocycles. The molecule has 320 valence electrons. The summed E-state index contributed by atoms with van der Waals surface area (Å²) in [6, 6.07) is 0. The first-order chi connectivity index (χ1) is 26.0. The van der Waals surface area contributed by atoms with Gasteiger partial charge in [-0.2, -0.15) is 0 Å². The SMILES string of the molecule is CC1(C)C[C@@H](O)[C@]2(C)CC[C@]3(C)C(=CC[C@H]4C3(C)CC[C@@H]3[C@]4(C)CC[C@H](O[C@@H]4O[C@H](C(=O)O)[C@@H](O)[C@H](O)[C@H]4O[C@@H]4O[C@H](CO)[C@H](O)[C@H](O)[C@H]4O)[C@]3(C)CO)[C@@H]2C1. The van der Waals surface area contributed by atoms with Crippen molar-refractivity contribution in [2.24, 2.45) is 50.2 Å². The van der Waals surface area contributed by atoms with E-state index < -0.39 is 85.5 Å². The van der Waals surface area contributed by atoms with Crippen molar-refractivity contribution in [1.82, 2.24) is 0 Å². The predicted molar refractivity (Wildman–Crippen MR) is 199 cm³/mol. The largest absolute Gasteiger partial charge is 0.479 e. The van der Waals surface area contributed by atoms with Crippen LogP contribution in [0.3, 0.4) is 0 Å². The van der Waals surface area contributed by atoms with E-state index in [1.54, 1.807) is 0 Å². The van der Waals surface area contributed by atoms with Crippen LogP contribution in [-0.4, -0.2) is 139 Å². The molecule has 2 aliphatic heterocycles. The molecule has 14 heteroatoms. The molecule has 0 radical (unpaired) electrons. The van der Waals surface area contributed by atoms with E-state index >= 15 is 0 Å². The topological polar surface area (TPSA) is 236 Å². The molecule has 1 unspecified atom stereocenters. The number of hydrogen-bond donors (Lipinski definition) is 9. The summed E-state index contributed by atoms with van der Waals surface area (Å²) in [5.41, 5.74) is 0.271. The summed E-state index contributed by atoms with van der Waals surface area (Å²) in [6.45, 7) is 15.2. The third-order valence-electron chi connectivity index (χ3n) is 17.4. The lowest BCUT2D eigenvalue weighted by atomic mass is 9.33. The van der Waals surface area contributed by atoms with Gasteiger partial charge < -0.3 is 64.9 Å². The summed E-state index contributed by atoms with van der Waals surface area (Å²) in [4.78, 5) is 12.2. The van der Waals surface area contributed by atoms with Gasteiger partial charge in [0, 0.05) is 10.8 Å². The number of aliphatic hydroxyl groups is 8. The summed E-state index contributed by atoms with van der Waals surface area (Å²) < 4.78 is 23.8. The van der Waals surface area contributed by atoms with E-state index in [9.17, 15) is 50.8 Å². The van der Waals surface area contributed by atoms with Gasteiger partial charge in [-0.1, -0.05) is 60.1 Å². The van der Waals surface area contributed by atoms with E-state index in [1.807, 2.05) is 6.92 Å². The van der Waals surface area contributed by atoms with Gasteiger partial charge in [-0.05, 0) is 97.2 Å². The number of rotatable bonds is 7. The standard InChI is InChI=1S/C42H68O14/c1-37(2)16-21-20-8-9-24-39(4)12-11-26(40(5,19-44)23(39)10-13-42(24,7)41(20,6)15-14-38(21,3)25(45)17-37)54-36-33(30(49)29(48)32(55-36)34(51)52)56-35-31(50)28(47)27(46)22(18-43)53-35/h8,21-33,35-36,43-50H,9-19H2,1-7H3,(H,51,52)/t21-,22+,23+,24+,25+,26-,27-,28-,29-,30-,31+,32-,33+,35-,36+,38+,39-,40+,41+,42?/m0/s1. The zero-order chi connectivity index (χ0) is 41.1. The first-order valence-electron chi connectivity index (χ1n) is 20.9.